The minimum Gasteiger partial charge on any atom is -0.444 e. The lowest BCUT2D eigenvalue weighted by molar-refractivity contribution is 0.0506. The highest BCUT2D eigenvalue weighted by atomic mass is 16.6. The fourth-order valence-corrected chi connectivity index (χ4v) is 1.92. The van der Waals surface area contributed by atoms with E-state index in [0.29, 0.717) is 6.42 Å². The van der Waals surface area contributed by atoms with Crippen LogP contribution in [-0.2, 0) is 4.74 Å². The van der Waals surface area contributed by atoms with Gasteiger partial charge in [-0.1, -0.05) is 30.3 Å². The molecule has 0 spiro atoms. The molecule has 1 aromatic carbocycles. The second-order valence-corrected chi connectivity index (χ2v) is 6.23. The monoisotopic (exact) mass is 291 g/mol. The Morgan fingerprint density at radius 1 is 1.19 bits per heavy atom. The molecule has 0 aliphatic rings. The summed E-state index contributed by atoms with van der Waals surface area (Å²) in [5.41, 5.74) is 0.248. The number of carbonyl (C=O) groups excluding carboxylic acids is 2. The van der Waals surface area contributed by atoms with Gasteiger partial charge in [0.1, 0.15) is 5.60 Å². The van der Waals surface area contributed by atoms with E-state index in [1.165, 1.54) is 0 Å². The van der Waals surface area contributed by atoms with Gasteiger partial charge >= 0.3 is 6.09 Å². The first-order chi connectivity index (χ1) is 9.78. The SMILES string of the molecule is CC(CCCC(=O)c1ccccc1)NC(=O)OC(C)(C)C. The zero-order chi connectivity index (χ0) is 15.9. The van der Waals surface area contributed by atoms with Gasteiger partial charge in [0.25, 0.3) is 0 Å². The van der Waals surface area contributed by atoms with Gasteiger partial charge < -0.3 is 10.1 Å². The number of ether oxygens (including phenoxy) is 1. The first-order valence-corrected chi connectivity index (χ1v) is 7.36. The van der Waals surface area contributed by atoms with Crippen molar-refractivity contribution >= 4 is 11.9 Å². The Morgan fingerprint density at radius 2 is 1.81 bits per heavy atom. The molecular formula is C17H25NO3. The molecule has 0 saturated heterocycles. The predicted octanol–water partition coefficient (Wildman–Crippen LogP) is 3.95. The summed E-state index contributed by atoms with van der Waals surface area (Å²) in [6.07, 6.45) is 1.57. The van der Waals surface area contributed by atoms with Crippen LogP contribution in [0.2, 0.25) is 0 Å². The lowest BCUT2D eigenvalue weighted by atomic mass is 10.0. The van der Waals surface area contributed by atoms with Crippen molar-refractivity contribution in [1.82, 2.24) is 5.32 Å². The van der Waals surface area contributed by atoms with Gasteiger partial charge in [-0.05, 0) is 40.5 Å². The Labute approximate surface area is 126 Å². The first kappa shape index (κ1) is 17.2. The van der Waals surface area contributed by atoms with Gasteiger partial charge in [-0.2, -0.15) is 0 Å². The maximum Gasteiger partial charge on any atom is 0.407 e. The van der Waals surface area contributed by atoms with Gasteiger partial charge in [0, 0.05) is 18.0 Å². The molecular weight excluding hydrogens is 266 g/mol. The summed E-state index contributed by atoms with van der Waals surface area (Å²) in [5.74, 6) is 0.139. The van der Waals surface area contributed by atoms with Crippen LogP contribution in [0, 0.1) is 0 Å². The van der Waals surface area contributed by atoms with Crippen molar-refractivity contribution in [2.75, 3.05) is 0 Å². The van der Waals surface area contributed by atoms with E-state index in [1.54, 1.807) is 0 Å². The summed E-state index contributed by atoms with van der Waals surface area (Å²) >= 11 is 0. The number of hydrogen-bond donors (Lipinski definition) is 1. The molecule has 0 saturated carbocycles. The van der Waals surface area contributed by atoms with Gasteiger partial charge in [0.15, 0.2) is 5.78 Å². The molecule has 1 aromatic rings. The van der Waals surface area contributed by atoms with E-state index < -0.39 is 11.7 Å². The molecule has 4 heteroatoms. The number of ketones is 1. The van der Waals surface area contributed by atoms with E-state index in [0.717, 1.165) is 18.4 Å². The molecule has 0 aliphatic heterocycles. The third-order valence-electron chi connectivity index (χ3n) is 2.90. The Balaban J connectivity index is 2.26. The van der Waals surface area contributed by atoms with Crippen molar-refractivity contribution < 1.29 is 14.3 Å². The first-order valence-electron chi connectivity index (χ1n) is 7.36. The molecule has 1 amide bonds. The van der Waals surface area contributed by atoms with Gasteiger partial charge in [-0.3, -0.25) is 4.79 Å². The molecule has 1 rings (SSSR count). The molecule has 0 fully saturated rings. The lowest BCUT2D eigenvalue weighted by Crippen LogP contribution is -2.37. The van der Waals surface area contributed by atoms with Crippen LogP contribution in [0.1, 0.15) is 57.3 Å². The van der Waals surface area contributed by atoms with E-state index in [1.807, 2.05) is 58.0 Å². The summed E-state index contributed by atoms with van der Waals surface area (Å²) in [5, 5.41) is 2.78. The maximum atomic E-state index is 11.9. The second kappa shape index (κ2) is 7.81. The van der Waals surface area contributed by atoms with E-state index in [-0.39, 0.29) is 11.8 Å². The summed E-state index contributed by atoms with van der Waals surface area (Å²) in [4.78, 5) is 23.5. The summed E-state index contributed by atoms with van der Waals surface area (Å²) in [6.45, 7) is 7.40. The van der Waals surface area contributed by atoms with Gasteiger partial charge in [0.2, 0.25) is 0 Å². The van der Waals surface area contributed by atoms with Gasteiger partial charge in [0.05, 0.1) is 0 Å². The van der Waals surface area contributed by atoms with Crippen molar-refractivity contribution in [2.24, 2.45) is 0 Å². The Bertz CT molecular complexity index is 463. The minimum absolute atomic E-state index is 0.0107. The number of hydrogen-bond acceptors (Lipinski definition) is 3. The largest absolute Gasteiger partial charge is 0.444 e. The van der Waals surface area contributed by atoms with Crippen molar-refractivity contribution in [3.05, 3.63) is 35.9 Å². The van der Waals surface area contributed by atoms with Crippen LogP contribution in [0.5, 0.6) is 0 Å². The van der Waals surface area contributed by atoms with E-state index in [2.05, 4.69) is 5.32 Å². The molecule has 0 bridgehead atoms. The zero-order valence-corrected chi connectivity index (χ0v) is 13.3. The molecule has 1 atom stereocenters. The predicted molar refractivity (Wildman–Crippen MR) is 83.5 cm³/mol. The summed E-state index contributed by atoms with van der Waals surface area (Å²) < 4.78 is 5.19. The fraction of sp³-hybridized carbons (Fsp3) is 0.529. The smallest absolute Gasteiger partial charge is 0.407 e. The molecule has 116 valence electrons. The average molecular weight is 291 g/mol. The van der Waals surface area contributed by atoms with E-state index in [4.69, 9.17) is 4.74 Å². The molecule has 1 N–H and O–H groups in total. The average Bonchev–Trinajstić information content (AvgIpc) is 2.37. The third-order valence-corrected chi connectivity index (χ3v) is 2.90. The summed E-state index contributed by atoms with van der Waals surface area (Å²) in [6, 6.07) is 9.25. The normalized spacial score (nSPS) is 12.6. The van der Waals surface area contributed by atoms with E-state index >= 15 is 0 Å². The highest BCUT2D eigenvalue weighted by Crippen LogP contribution is 2.10. The van der Waals surface area contributed by atoms with Crippen molar-refractivity contribution in [3.8, 4) is 0 Å². The Kier molecular flexibility index (Phi) is 6.40. The van der Waals surface area contributed by atoms with Crippen molar-refractivity contribution in [3.63, 3.8) is 0 Å². The number of amides is 1. The molecule has 0 heterocycles. The Hall–Kier alpha value is -1.84. The van der Waals surface area contributed by atoms with Crippen LogP contribution < -0.4 is 5.32 Å². The van der Waals surface area contributed by atoms with Crippen LogP contribution in [0.15, 0.2) is 30.3 Å². The van der Waals surface area contributed by atoms with E-state index in [9.17, 15) is 9.59 Å². The van der Waals surface area contributed by atoms with Crippen LogP contribution in [0.4, 0.5) is 4.79 Å². The number of nitrogens with one attached hydrogen (secondary N) is 1. The quantitative estimate of drug-likeness (QED) is 0.807. The van der Waals surface area contributed by atoms with Crippen molar-refractivity contribution in [2.45, 2.75) is 58.6 Å². The van der Waals surface area contributed by atoms with Gasteiger partial charge in [-0.25, -0.2) is 4.79 Å². The van der Waals surface area contributed by atoms with Crippen LogP contribution in [0.3, 0.4) is 0 Å². The topological polar surface area (TPSA) is 55.4 Å². The molecule has 0 radical (unpaired) electrons. The standard InChI is InChI=1S/C17H25NO3/c1-13(18-16(20)21-17(2,3)4)9-8-12-15(19)14-10-6-5-7-11-14/h5-7,10-11,13H,8-9,12H2,1-4H3,(H,18,20). The Morgan fingerprint density at radius 3 is 2.38 bits per heavy atom. The van der Waals surface area contributed by atoms with Crippen LogP contribution in [0.25, 0.3) is 0 Å². The number of carbonyl (C=O) groups is 2. The molecule has 0 aliphatic carbocycles. The minimum atomic E-state index is -0.493. The molecule has 21 heavy (non-hydrogen) atoms. The third kappa shape index (κ3) is 7.49. The number of alkyl carbamates (subject to hydrolysis) is 1. The number of benzene rings is 1. The molecule has 1 unspecified atom stereocenters. The number of rotatable bonds is 6. The van der Waals surface area contributed by atoms with Crippen molar-refractivity contribution in [1.29, 1.82) is 0 Å². The highest BCUT2D eigenvalue weighted by molar-refractivity contribution is 5.95. The second-order valence-electron chi connectivity index (χ2n) is 6.23. The molecule has 4 nitrogen and oxygen atoms in total. The van der Waals surface area contributed by atoms with Gasteiger partial charge in [-0.15, -0.1) is 0 Å². The van der Waals surface area contributed by atoms with Crippen LogP contribution >= 0.6 is 0 Å². The zero-order valence-electron chi connectivity index (χ0n) is 13.3. The summed E-state index contributed by atoms with van der Waals surface area (Å²) in [7, 11) is 0. The highest BCUT2D eigenvalue weighted by Gasteiger charge is 2.17. The maximum absolute atomic E-state index is 11.9. The fourth-order valence-electron chi connectivity index (χ4n) is 1.92. The number of Topliss-reactive ketones (excluding diaryl/α,β-unsaturated/α-hetero) is 1. The van der Waals surface area contributed by atoms with Crippen LogP contribution in [-0.4, -0.2) is 23.5 Å². The molecule has 0 aromatic heterocycles. The lowest BCUT2D eigenvalue weighted by Gasteiger charge is -2.21.